The summed E-state index contributed by atoms with van der Waals surface area (Å²) in [6.07, 6.45) is -3.69. The molecule has 1 spiro atoms. The van der Waals surface area contributed by atoms with Crippen LogP contribution in [0.25, 0.3) is 0 Å². The third-order valence-electron chi connectivity index (χ3n) is 5.75. The van der Waals surface area contributed by atoms with Crippen LogP contribution in [0.4, 0.5) is 23.8 Å². The molecule has 1 atom stereocenters. The topological polar surface area (TPSA) is 59.4 Å². The van der Waals surface area contributed by atoms with E-state index in [1.54, 1.807) is 10.7 Å². The average molecular weight is 388 g/mol. The number of alkyl halides is 3. The lowest BCUT2D eigenvalue weighted by atomic mass is 9.66. The first kappa shape index (κ1) is 20.0. The first-order valence-electron chi connectivity index (χ1n) is 9.39. The summed E-state index contributed by atoms with van der Waals surface area (Å²) in [4.78, 5) is 14.2. The first-order valence-corrected chi connectivity index (χ1v) is 9.39. The number of anilines is 1. The molecular formula is C18H27F3N4O2. The molecule has 0 saturated carbocycles. The van der Waals surface area contributed by atoms with Crippen molar-refractivity contribution in [1.82, 2.24) is 14.7 Å². The van der Waals surface area contributed by atoms with Crippen LogP contribution in [0.15, 0.2) is 6.07 Å². The maximum atomic E-state index is 13.6. The number of ether oxygens (including phenoxy) is 1. The van der Waals surface area contributed by atoms with Crippen LogP contribution in [-0.2, 0) is 4.74 Å². The number of hydrogen-bond acceptors (Lipinski definition) is 3. The van der Waals surface area contributed by atoms with E-state index in [2.05, 4.69) is 10.4 Å². The van der Waals surface area contributed by atoms with Gasteiger partial charge in [0.05, 0.1) is 5.92 Å². The Bertz CT molecular complexity index is 681. The van der Waals surface area contributed by atoms with E-state index in [0.29, 0.717) is 31.9 Å². The van der Waals surface area contributed by atoms with Gasteiger partial charge in [-0.05, 0) is 40.0 Å². The molecule has 2 aliphatic heterocycles. The Kier molecular flexibility index (Phi) is 5.42. The van der Waals surface area contributed by atoms with E-state index in [-0.39, 0.29) is 25.6 Å². The molecule has 0 unspecified atom stereocenters. The van der Waals surface area contributed by atoms with Crippen molar-refractivity contribution < 1.29 is 22.7 Å². The van der Waals surface area contributed by atoms with Crippen LogP contribution < -0.4 is 5.32 Å². The lowest BCUT2D eigenvalue weighted by Gasteiger charge is -2.50. The summed E-state index contributed by atoms with van der Waals surface area (Å²) in [5.74, 6) is -0.967. The van der Waals surface area contributed by atoms with E-state index < -0.39 is 23.5 Å². The number of carbonyl (C=O) groups excluding carboxylic acids is 1. The Labute approximate surface area is 157 Å². The molecule has 3 heterocycles. The van der Waals surface area contributed by atoms with Crippen LogP contribution in [0.5, 0.6) is 0 Å². The number of nitrogens with one attached hydrogen (secondary N) is 1. The molecule has 0 aromatic carbocycles. The molecular weight excluding hydrogens is 361 g/mol. The molecule has 1 N–H and O–H groups in total. The number of likely N-dealkylation sites (tertiary alicyclic amines) is 1. The molecule has 1 aromatic rings. The number of aryl methyl sites for hydroxylation is 1. The number of urea groups is 1. The van der Waals surface area contributed by atoms with E-state index in [9.17, 15) is 18.0 Å². The fourth-order valence-electron chi connectivity index (χ4n) is 4.39. The third kappa shape index (κ3) is 4.07. The predicted molar refractivity (Wildman–Crippen MR) is 94.6 cm³/mol. The average Bonchev–Trinajstić information content (AvgIpc) is 2.95. The Balaban J connectivity index is 1.74. The quantitative estimate of drug-likeness (QED) is 0.834. The standard InChI is InChI=1S/C18H27F3N4O2/c1-12(2)25-13(3)10-15(23-25)22-16(26)24-7-4-14(18(19,20)21)17(11-24)5-8-27-9-6-17/h10,12,14H,4-9,11H2,1-3H3,(H,22,23,26)/t14-/m0/s1. The Hall–Kier alpha value is -1.77. The number of piperidine rings is 1. The minimum atomic E-state index is -4.26. The lowest BCUT2D eigenvalue weighted by molar-refractivity contribution is -0.232. The maximum absolute atomic E-state index is 13.6. The highest BCUT2D eigenvalue weighted by Crippen LogP contribution is 2.50. The largest absolute Gasteiger partial charge is 0.392 e. The highest BCUT2D eigenvalue weighted by atomic mass is 19.4. The van der Waals surface area contributed by atoms with Gasteiger partial charge in [0.25, 0.3) is 0 Å². The maximum Gasteiger partial charge on any atom is 0.392 e. The van der Waals surface area contributed by atoms with Gasteiger partial charge in [-0.3, -0.25) is 10.00 Å². The van der Waals surface area contributed by atoms with Gasteiger partial charge in [0, 0.05) is 49.5 Å². The number of carbonyl (C=O) groups is 1. The fraction of sp³-hybridized carbons (Fsp3) is 0.778. The van der Waals surface area contributed by atoms with Gasteiger partial charge in [-0.25, -0.2) is 4.79 Å². The Morgan fingerprint density at radius 1 is 1.37 bits per heavy atom. The first-order chi connectivity index (χ1) is 12.6. The summed E-state index contributed by atoms with van der Waals surface area (Å²) in [5, 5.41) is 7.11. The molecule has 2 fully saturated rings. The molecule has 3 rings (SSSR count). The van der Waals surface area contributed by atoms with E-state index in [1.807, 2.05) is 20.8 Å². The number of hydrogen-bond donors (Lipinski definition) is 1. The van der Waals surface area contributed by atoms with Gasteiger partial charge < -0.3 is 9.64 Å². The summed E-state index contributed by atoms with van der Waals surface area (Å²) < 4.78 is 47.9. The molecule has 6 nitrogen and oxygen atoms in total. The highest BCUT2D eigenvalue weighted by Gasteiger charge is 2.56. The zero-order chi connectivity index (χ0) is 19.8. The second-order valence-corrected chi connectivity index (χ2v) is 7.92. The minimum absolute atomic E-state index is 0.0730. The molecule has 0 radical (unpaired) electrons. The SMILES string of the molecule is Cc1cc(NC(=O)N2CC[C@H](C(F)(F)F)C3(CCOCC3)C2)nn1C(C)C. The van der Waals surface area contributed by atoms with Gasteiger partial charge in [0.2, 0.25) is 0 Å². The fourth-order valence-corrected chi connectivity index (χ4v) is 4.39. The van der Waals surface area contributed by atoms with Crippen molar-refractivity contribution in [2.75, 3.05) is 31.6 Å². The molecule has 1 aromatic heterocycles. The summed E-state index contributed by atoms with van der Waals surface area (Å²) in [5.41, 5.74) is -0.0452. The molecule has 2 amide bonds. The van der Waals surface area contributed by atoms with Gasteiger partial charge in [0.1, 0.15) is 0 Å². The molecule has 9 heteroatoms. The number of nitrogens with zero attached hydrogens (tertiary/aromatic N) is 3. The van der Waals surface area contributed by atoms with E-state index in [1.165, 1.54) is 4.90 Å². The zero-order valence-corrected chi connectivity index (χ0v) is 16.0. The third-order valence-corrected chi connectivity index (χ3v) is 5.75. The predicted octanol–water partition coefficient (Wildman–Crippen LogP) is 3.99. The molecule has 2 aliphatic rings. The smallest absolute Gasteiger partial charge is 0.381 e. The highest BCUT2D eigenvalue weighted by molar-refractivity contribution is 5.88. The van der Waals surface area contributed by atoms with Crippen LogP contribution in [0.2, 0.25) is 0 Å². The second kappa shape index (κ2) is 7.33. The van der Waals surface area contributed by atoms with Gasteiger partial charge in [-0.2, -0.15) is 18.3 Å². The van der Waals surface area contributed by atoms with Gasteiger partial charge in [-0.15, -0.1) is 0 Å². The van der Waals surface area contributed by atoms with Crippen LogP contribution in [-0.4, -0.2) is 53.2 Å². The van der Waals surface area contributed by atoms with Crippen molar-refractivity contribution in [3.8, 4) is 0 Å². The summed E-state index contributed by atoms with van der Waals surface area (Å²) in [6.45, 7) is 6.66. The van der Waals surface area contributed by atoms with Gasteiger partial charge >= 0.3 is 12.2 Å². The summed E-state index contributed by atoms with van der Waals surface area (Å²) >= 11 is 0. The Morgan fingerprint density at radius 2 is 2.04 bits per heavy atom. The monoisotopic (exact) mass is 388 g/mol. The summed E-state index contributed by atoms with van der Waals surface area (Å²) in [7, 11) is 0. The molecule has 152 valence electrons. The van der Waals surface area contributed by atoms with E-state index in [0.717, 1.165) is 5.69 Å². The molecule has 2 saturated heterocycles. The lowest BCUT2D eigenvalue weighted by Crippen LogP contribution is -2.57. The van der Waals surface area contributed by atoms with Crippen molar-refractivity contribution in [3.05, 3.63) is 11.8 Å². The van der Waals surface area contributed by atoms with Crippen molar-refractivity contribution >= 4 is 11.8 Å². The molecule has 0 bridgehead atoms. The normalized spacial score (nSPS) is 23.1. The van der Waals surface area contributed by atoms with Crippen molar-refractivity contribution in [2.45, 2.75) is 52.3 Å². The van der Waals surface area contributed by atoms with Crippen molar-refractivity contribution in [1.29, 1.82) is 0 Å². The molecule has 0 aliphatic carbocycles. The van der Waals surface area contributed by atoms with Gasteiger partial charge in [0.15, 0.2) is 5.82 Å². The van der Waals surface area contributed by atoms with Crippen LogP contribution in [0.3, 0.4) is 0 Å². The Morgan fingerprint density at radius 3 is 2.59 bits per heavy atom. The number of halogens is 3. The van der Waals surface area contributed by atoms with Crippen LogP contribution >= 0.6 is 0 Å². The second-order valence-electron chi connectivity index (χ2n) is 7.92. The number of rotatable bonds is 2. The van der Waals surface area contributed by atoms with Crippen LogP contribution in [0.1, 0.15) is 44.8 Å². The molecule has 27 heavy (non-hydrogen) atoms. The van der Waals surface area contributed by atoms with E-state index >= 15 is 0 Å². The number of amides is 2. The van der Waals surface area contributed by atoms with Crippen molar-refractivity contribution in [3.63, 3.8) is 0 Å². The van der Waals surface area contributed by atoms with E-state index in [4.69, 9.17) is 4.74 Å². The van der Waals surface area contributed by atoms with Crippen molar-refractivity contribution in [2.24, 2.45) is 11.3 Å². The van der Waals surface area contributed by atoms with Gasteiger partial charge in [-0.1, -0.05) is 0 Å². The number of aromatic nitrogens is 2. The van der Waals surface area contributed by atoms with Crippen LogP contribution in [0, 0.1) is 18.3 Å². The minimum Gasteiger partial charge on any atom is -0.381 e. The summed E-state index contributed by atoms with van der Waals surface area (Å²) in [6, 6.07) is 1.53. The zero-order valence-electron chi connectivity index (χ0n) is 16.0.